The zero-order chi connectivity index (χ0) is 26.6. The van der Waals surface area contributed by atoms with Crippen LogP contribution in [-0.4, -0.2) is 34.4 Å². The monoisotopic (exact) mass is 526 g/mol. The molecule has 8 nitrogen and oxygen atoms in total. The van der Waals surface area contributed by atoms with Crippen molar-refractivity contribution in [3.05, 3.63) is 86.6 Å². The van der Waals surface area contributed by atoms with Gasteiger partial charge >= 0.3 is 6.55 Å². The molecule has 0 bridgehead atoms. The third-order valence-corrected chi connectivity index (χ3v) is 6.96. The van der Waals surface area contributed by atoms with Gasteiger partial charge in [0.2, 0.25) is 0 Å². The third kappa shape index (κ3) is 4.67. The Labute approximate surface area is 216 Å². The highest BCUT2D eigenvalue weighted by molar-refractivity contribution is 6.31. The van der Waals surface area contributed by atoms with E-state index in [1.165, 1.54) is 17.0 Å². The number of hydrogen-bond acceptors (Lipinski definition) is 6. The van der Waals surface area contributed by atoms with Crippen molar-refractivity contribution in [2.45, 2.75) is 58.1 Å². The number of aryl methyl sites for hydroxylation is 2. The molecule has 37 heavy (non-hydrogen) atoms. The van der Waals surface area contributed by atoms with E-state index >= 15 is 0 Å². The van der Waals surface area contributed by atoms with E-state index in [9.17, 15) is 18.7 Å². The van der Waals surface area contributed by atoms with Crippen LogP contribution in [0.1, 0.15) is 66.9 Å². The van der Waals surface area contributed by atoms with Crippen LogP contribution in [0.15, 0.2) is 47.8 Å². The lowest BCUT2D eigenvalue weighted by atomic mass is 10.1. The van der Waals surface area contributed by atoms with Crippen LogP contribution in [0, 0.1) is 13.8 Å². The number of halogens is 3. The standard InChI is InChI=1S/C26H25ClF2N6O2/c1-13-10-31-20(19-5-6-30-24(33-19)26(3,4)37)9-21(13)35-14(2)7-18(22(27)23(35)36)17-8-16(17)15-11-32-34(12-15)25(28)29/h5-7,9-12,16-17,25,37H,8H2,1-4H3/t16?,17-/m1/s1. The molecule has 1 unspecified atom stereocenters. The quantitative estimate of drug-likeness (QED) is 0.377. The van der Waals surface area contributed by atoms with Gasteiger partial charge in [0.15, 0.2) is 5.82 Å². The lowest BCUT2D eigenvalue weighted by molar-refractivity contribution is 0.0565. The summed E-state index contributed by atoms with van der Waals surface area (Å²) in [5.41, 5.74) is 2.88. The predicted molar refractivity (Wildman–Crippen MR) is 134 cm³/mol. The van der Waals surface area contributed by atoms with Gasteiger partial charge in [-0.1, -0.05) is 11.6 Å². The minimum absolute atomic E-state index is 0.0170. The maximum absolute atomic E-state index is 13.5. The van der Waals surface area contributed by atoms with Gasteiger partial charge in [0, 0.05) is 24.3 Å². The van der Waals surface area contributed by atoms with Crippen LogP contribution < -0.4 is 5.56 Å². The Morgan fingerprint density at radius 1 is 1.14 bits per heavy atom. The summed E-state index contributed by atoms with van der Waals surface area (Å²) in [6, 6.07) is 5.32. The smallest absolute Gasteiger partial charge is 0.333 e. The van der Waals surface area contributed by atoms with E-state index in [0.29, 0.717) is 45.0 Å². The number of pyridine rings is 2. The van der Waals surface area contributed by atoms with E-state index in [-0.39, 0.29) is 28.2 Å². The van der Waals surface area contributed by atoms with Gasteiger partial charge < -0.3 is 5.11 Å². The summed E-state index contributed by atoms with van der Waals surface area (Å²) in [6.07, 6.45) is 6.69. The molecule has 0 amide bonds. The van der Waals surface area contributed by atoms with Crippen LogP contribution in [0.25, 0.3) is 17.1 Å². The molecule has 4 aromatic rings. The highest BCUT2D eigenvalue weighted by atomic mass is 35.5. The summed E-state index contributed by atoms with van der Waals surface area (Å²) in [7, 11) is 0. The first-order chi connectivity index (χ1) is 17.5. The third-order valence-electron chi connectivity index (χ3n) is 6.58. The number of hydrogen-bond donors (Lipinski definition) is 1. The fourth-order valence-corrected chi connectivity index (χ4v) is 4.83. The number of rotatable bonds is 6. The topological polar surface area (TPSA) is 98.7 Å². The number of aromatic nitrogens is 6. The van der Waals surface area contributed by atoms with Gasteiger partial charge in [-0.3, -0.25) is 14.3 Å². The molecule has 1 saturated carbocycles. The van der Waals surface area contributed by atoms with Gasteiger partial charge in [-0.15, -0.1) is 0 Å². The van der Waals surface area contributed by atoms with Gasteiger partial charge in [0.1, 0.15) is 10.6 Å². The lowest BCUT2D eigenvalue weighted by Crippen LogP contribution is -2.23. The SMILES string of the molecule is Cc1cnc(-c2ccnc(C(C)(C)O)n2)cc1-n1c(C)cc([C@@H]2CC2c2cnn(C(F)F)c2)c(Cl)c1=O. The first-order valence-electron chi connectivity index (χ1n) is 11.7. The second-order valence-electron chi connectivity index (χ2n) is 9.86. The van der Waals surface area contributed by atoms with E-state index in [2.05, 4.69) is 20.1 Å². The molecule has 2 atom stereocenters. The van der Waals surface area contributed by atoms with Crippen molar-refractivity contribution in [2.24, 2.45) is 0 Å². The van der Waals surface area contributed by atoms with Crippen molar-refractivity contribution in [3.63, 3.8) is 0 Å². The van der Waals surface area contributed by atoms with E-state index in [1.807, 2.05) is 19.9 Å². The van der Waals surface area contributed by atoms with Crippen LogP contribution >= 0.6 is 11.6 Å². The van der Waals surface area contributed by atoms with Crippen LogP contribution in [0.2, 0.25) is 5.02 Å². The molecule has 1 N–H and O–H groups in total. The molecule has 0 aliphatic heterocycles. The van der Waals surface area contributed by atoms with Crippen LogP contribution in [-0.2, 0) is 5.60 Å². The van der Waals surface area contributed by atoms with Crippen LogP contribution in [0.4, 0.5) is 8.78 Å². The van der Waals surface area contributed by atoms with Crippen molar-refractivity contribution in [3.8, 4) is 17.1 Å². The van der Waals surface area contributed by atoms with Gasteiger partial charge in [-0.25, -0.2) is 14.6 Å². The Morgan fingerprint density at radius 3 is 2.57 bits per heavy atom. The molecule has 1 aliphatic carbocycles. The number of alkyl halides is 2. The molecule has 0 saturated heterocycles. The molecular formula is C26H25ClF2N6O2. The van der Waals surface area contributed by atoms with Gasteiger partial charge in [0.25, 0.3) is 5.56 Å². The Balaban J connectivity index is 1.51. The van der Waals surface area contributed by atoms with E-state index in [4.69, 9.17) is 11.6 Å². The largest absolute Gasteiger partial charge is 0.382 e. The van der Waals surface area contributed by atoms with Crippen LogP contribution in [0.3, 0.4) is 0 Å². The molecule has 1 aliphatic rings. The van der Waals surface area contributed by atoms with Crippen molar-refractivity contribution < 1.29 is 13.9 Å². The highest BCUT2D eigenvalue weighted by Crippen LogP contribution is 2.55. The van der Waals surface area contributed by atoms with Crippen molar-refractivity contribution in [1.82, 2.24) is 29.3 Å². The molecule has 11 heteroatoms. The molecule has 1 fully saturated rings. The normalized spacial score (nSPS) is 17.4. The summed E-state index contributed by atoms with van der Waals surface area (Å²) in [4.78, 5) is 26.6. The van der Waals surface area contributed by atoms with E-state index in [0.717, 1.165) is 5.56 Å². The number of aliphatic hydroxyl groups is 1. The fourth-order valence-electron chi connectivity index (χ4n) is 4.55. The Bertz CT molecular complexity index is 1560. The molecule has 0 radical (unpaired) electrons. The van der Waals surface area contributed by atoms with E-state index < -0.39 is 12.2 Å². The van der Waals surface area contributed by atoms with Crippen molar-refractivity contribution in [1.29, 1.82) is 0 Å². The van der Waals surface area contributed by atoms with Gasteiger partial charge in [0.05, 0.1) is 23.3 Å². The Morgan fingerprint density at radius 2 is 1.89 bits per heavy atom. The molecule has 4 aromatic heterocycles. The maximum atomic E-state index is 13.5. The molecular weight excluding hydrogens is 502 g/mol. The molecule has 4 heterocycles. The number of nitrogens with zero attached hydrogens (tertiary/aromatic N) is 6. The molecule has 0 spiro atoms. The zero-order valence-electron chi connectivity index (χ0n) is 20.7. The van der Waals surface area contributed by atoms with Crippen molar-refractivity contribution >= 4 is 11.6 Å². The molecule has 5 rings (SSSR count). The molecule has 192 valence electrons. The second-order valence-corrected chi connectivity index (χ2v) is 10.2. The van der Waals surface area contributed by atoms with Crippen molar-refractivity contribution in [2.75, 3.05) is 0 Å². The Hall–Kier alpha value is -3.50. The summed E-state index contributed by atoms with van der Waals surface area (Å²) < 4.78 is 28.0. The van der Waals surface area contributed by atoms with Crippen LogP contribution in [0.5, 0.6) is 0 Å². The lowest BCUT2D eigenvalue weighted by Gasteiger charge is -2.17. The van der Waals surface area contributed by atoms with Gasteiger partial charge in [-0.05, 0) is 80.8 Å². The Kier molecular flexibility index (Phi) is 6.19. The average Bonchev–Trinajstić information content (AvgIpc) is 3.48. The van der Waals surface area contributed by atoms with Gasteiger partial charge in [-0.2, -0.15) is 13.9 Å². The summed E-state index contributed by atoms with van der Waals surface area (Å²) in [6.45, 7) is 4.17. The highest BCUT2D eigenvalue weighted by Gasteiger charge is 2.42. The minimum atomic E-state index is -2.70. The average molecular weight is 527 g/mol. The summed E-state index contributed by atoms with van der Waals surface area (Å²) in [5.74, 6) is 0.198. The second kappa shape index (κ2) is 9.11. The minimum Gasteiger partial charge on any atom is -0.382 e. The maximum Gasteiger partial charge on any atom is 0.333 e. The first-order valence-corrected chi connectivity index (χ1v) is 12.1. The first kappa shape index (κ1) is 25.2. The summed E-state index contributed by atoms with van der Waals surface area (Å²) >= 11 is 6.61. The van der Waals surface area contributed by atoms with E-state index in [1.54, 1.807) is 38.4 Å². The fraction of sp³-hybridized carbons (Fsp3) is 0.346. The zero-order valence-corrected chi connectivity index (χ0v) is 21.4. The predicted octanol–water partition coefficient (Wildman–Crippen LogP) is 5.05. The molecule has 0 aromatic carbocycles. The summed E-state index contributed by atoms with van der Waals surface area (Å²) in [5, 5.41) is 14.1.